The molecule has 3 nitrogen and oxygen atoms in total. The first kappa shape index (κ1) is 13.2. The van der Waals surface area contributed by atoms with Crippen molar-refractivity contribution in [3.63, 3.8) is 0 Å². The number of halogens is 4. The van der Waals surface area contributed by atoms with Crippen molar-refractivity contribution in [2.45, 2.75) is 19.3 Å². The van der Waals surface area contributed by atoms with Gasteiger partial charge in [-0.15, -0.1) is 0 Å². The molecule has 0 bridgehead atoms. The Morgan fingerprint density at radius 3 is 2.44 bits per heavy atom. The molecule has 0 aromatic rings. The maximum absolute atomic E-state index is 13.2. The molecule has 1 N–H and O–H groups in total. The number of rotatable bonds is 3. The van der Waals surface area contributed by atoms with Gasteiger partial charge in [0.25, 0.3) is 0 Å². The number of alkyl halides is 4. The zero-order chi connectivity index (χ0) is 12.3. The normalized spacial score (nSPS) is 25.8. The summed E-state index contributed by atoms with van der Waals surface area (Å²) in [5.74, 6) is -2.44. The SMILES string of the molecule is CCN(C[C@@H]1CNC[C@@H]1F)C(=O)C(F)(F)F. The van der Waals surface area contributed by atoms with Crippen molar-refractivity contribution in [2.75, 3.05) is 26.2 Å². The van der Waals surface area contributed by atoms with Crippen molar-refractivity contribution in [3.8, 4) is 0 Å². The number of hydrogen-bond donors (Lipinski definition) is 1. The van der Waals surface area contributed by atoms with E-state index in [1.165, 1.54) is 6.92 Å². The molecule has 1 amide bonds. The van der Waals surface area contributed by atoms with Crippen LogP contribution >= 0.6 is 0 Å². The van der Waals surface area contributed by atoms with E-state index in [2.05, 4.69) is 5.32 Å². The van der Waals surface area contributed by atoms with Crippen LogP contribution in [0.1, 0.15) is 6.92 Å². The Morgan fingerprint density at radius 1 is 1.44 bits per heavy atom. The zero-order valence-electron chi connectivity index (χ0n) is 8.85. The van der Waals surface area contributed by atoms with Gasteiger partial charge in [0.05, 0.1) is 0 Å². The first-order valence-corrected chi connectivity index (χ1v) is 5.07. The molecule has 0 spiro atoms. The molecule has 1 rings (SSSR count). The topological polar surface area (TPSA) is 32.3 Å². The summed E-state index contributed by atoms with van der Waals surface area (Å²) >= 11 is 0. The van der Waals surface area contributed by atoms with Crippen molar-refractivity contribution in [2.24, 2.45) is 5.92 Å². The Labute approximate surface area is 90.8 Å². The van der Waals surface area contributed by atoms with Gasteiger partial charge in [-0.05, 0) is 6.92 Å². The highest BCUT2D eigenvalue weighted by atomic mass is 19.4. The van der Waals surface area contributed by atoms with Gasteiger partial charge >= 0.3 is 12.1 Å². The van der Waals surface area contributed by atoms with Crippen molar-refractivity contribution < 1.29 is 22.4 Å². The fourth-order valence-corrected chi connectivity index (χ4v) is 1.70. The minimum Gasteiger partial charge on any atom is -0.335 e. The molecule has 7 heteroatoms. The van der Waals surface area contributed by atoms with Crippen LogP contribution in [-0.4, -0.2) is 49.3 Å². The summed E-state index contributed by atoms with van der Waals surface area (Å²) in [6, 6.07) is 0. The Bertz CT molecular complexity index is 256. The monoisotopic (exact) mass is 242 g/mol. The zero-order valence-corrected chi connectivity index (χ0v) is 8.85. The maximum atomic E-state index is 13.2. The minimum absolute atomic E-state index is 0.0679. The molecule has 1 saturated heterocycles. The maximum Gasteiger partial charge on any atom is 0.471 e. The van der Waals surface area contributed by atoms with Crippen LogP contribution in [0.2, 0.25) is 0 Å². The van der Waals surface area contributed by atoms with E-state index in [0.29, 0.717) is 11.4 Å². The lowest BCUT2D eigenvalue weighted by Gasteiger charge is -2.25. The third-order valence-electron chi connectivity index (χ3n) is 2.62. The summed E-state index contributed by atoms with van der Waals surface area (Å²) in [4.78, 5) is 11.6. The average molecular weight is 242 g/mol. The molecular formula is C9H14F4N2O. The van der Waals surface area contributed by atoms with Crippen LogP contribution < -0.4 is 5.32 Å². The third kappa shape index (κ3) is 3.07. The van der Waals surface area contributed by atoms with Gasteiger partial charge in [0, 0.05) is 32.1 Å². The molecule has 16 heavy (non-hydrogen) atoms. The van der Waals surface area contributed by atoms with Gasteiger partial charge in [0.2, 0.25) is 0 Å². The lowest BCUT2D eigenvalue weighted by molar-refractivity contribution is -0.186. The Hall–Kier alpha value is -0.850. The highest BCUT2D eigenvalue weighted by Gasteiger charge is 2.43. The predicted molar refractivity (Wildman–Crippen MR) is 49.6 cm³/mol. The number of carbonyl (C=O) groups excluding carboxylic acids is 1. The Morgan fingerprint density at radius 2 is 2.06 bits per heavy atom. The van der Waals surface area contributed by atoms with E-state index < -0.39 is 24.2 Å². The summed E-state index contributed by atoms with van der Waals surface area (Å²) in [7, 11) is 0. The highest BCUT2D eigenvalue weighted by Crippen LogP contribution is 2.21. The largest absolute Gasteiger partial charge is 0.471 e. The van der Waals surface area contributed by atoms with Crippen LogP contribution in [0.15, 0.2) is 0 Å². The molecule has 94 valence electrons. The van der Waals surface area contributed by atoms with Crippen LogP contribution in [0, 0.1) is 5.92 Å². The molecule has 2 atom stereocenters. The first-order chi connectivity index (χ1) is 7.36. The first-order valence-electron chi connectivity index (χ1n) is 5.07. The third-order valence-corrected chi connectivity index (χ3v) is 2.62. The van der Waals surface area contributed by atoms with Crippen LogP contribution in [-0.2, 0) is 4.79 Å². The van der Waals surface area contributed by atoms with Gasteiger partial charge in [-0.3, -0.25) is 4.79 Å². The van der Waals surface area contributed by atoms with Crippen molar-refractivity contribution >= 4 is 5.91 Å². The lowest BCUT2D eigenvalue weighted by Crippen LogP contribution is -2.44. The van der Waals surface area contributed by atoms with Crippen molar-refractivity contribution in [1.82, 2.24) is 10.2 Å². The van der Waals surface area contributed by atoms with E-state index in [1.54, 1.807) is 0 Å². The molecule has 1 heterocycles. The molecule has 1 fully saturated rings. The summed E-state index contributed by atoms with van der Waals surface area (Å²) in [5.41, 5.74) is 0. The van der Waals surface area contributed by atoms with E-state index in [-0.39, 0.29) is 19.6 Å². The van der Waals surface area contributed by atoms with Gasteiger partial charge in [0.1, 0.15) is 6.17 Å². The summed E-state index contributed by atoms with van der Waals surface area (Å²) in [6.45, 7) is 1.63. The van der Waals surface area contributed by atoms with Crippen LogP contribution in [0.25, 0.3) is 0 Å². The standard InChI is InChI=1S/C9H14F4N2O/c1-2-15(8(16)9(11,12)13)5-6-3-14-4-7(6)10/h6-7,14H,2-5H2,1H3/t6-,7-/m0/s1. The van der Waals surface area contributed by atoms with Crippen molar-refractivity contribution in [3.05, 3.63) is 0 Å². The van der Waals surface area contributed by atoms with Crippen molar-refractivity contribution in [1.29, 1.82) is 0 Å². The summed E-state index contributed by atoms with van der Waals surface area (Å²) in [5, 5.41) is 2.74. The summed E-state index contributed by atoms with van der Waals surface area (Å²) in [6.07, 6.45) is -6.07. The van der Waals surface area contributed by atoms with E-state index in [9.17, 15) is 22.4 Å². The van der Waals surface area contributed by atoms with Gasteiger partial charge in [-0.1, -0.05) is 0 Å². The van der Waals surface area contributed by atoms with Crippen LogP contribution in [0.5, 0.6) is 0 Å². The molecule has 0 aromatic heterocycles. The lowest BCUT2D eigenvalue weighted by atomic mass is 10.1. The smallest absolute Gasteiger partial charge is 0.335 e. The van der Waals surface area contributed by atoms with E-state index in [1.807, 2.05) is 0 Å². The molecule has 0 radical (unpaired) electrons. The summed E-state index contributed by atoms with van der Waals surface area (Å²) < 4.78 is 49.6. The number of carbonyl (C=O) groups is 1. The number of nitrogens with one attached hydrogen (secondary N) is 1. The van der Waals surface area contributed by atoms with E-state index in [0.717, 1.165) is 0 Å². The van der Waals surface area contributed by atoms with E-state index in [4.69, 9.17) is 0 Å². The van der Waals surface area contributed by atoms with Crippen LogP contribution in [0.3, 0.4) is 0 Å². The second kappa shape index (κ2) is 4.99. The van der Waals surface area contributed by atoms with Gasteiger partial charge in [-0.2, -0.15) is 13.2 Å². The van der Waals surface area contributed by atoms with Crippen LogP contribution in [0.4, 0.5) is 17.6 Å². The number of amides is 1. The molecule has 0 aliphatic carbocycles. The van der Waals surface area contributed by atoms with Gasteiger partial charge in [0.15, 0.2) is 0 Å². The minimum atomic E-state index is -4.88. The average Bonchev–Trinajstić information content (AvgIpc) is 2.58. The number of hydrogen-bond acceptors (Lipinski definition) is 2. The predicted octanol–water partition coefficient (Wildman–Crippen LogP) is 0.955. The fraction of sp³-hybridized carbons (Fsp3) is 0.889. The second-order valence-corrected chi connectivity index (χ2v) is 3.78. The molecule has 0 unspecified atom stereocenters. The Balaban J connectivity index is 2.58. The van der Waals surface area contributed by atoms with E-state index >= 15 is 0 Å². The fourth-order valence-electron chi connectivity index (χ4n) is 1.70. The molecule has 1 aliphatic heterocycles. The molecule has 0 aromatic carbocycles. The quantitative estimate of drug-likeness (QED) is 0.747. The second-order valence-electron chi connectivity index (χ2n) is 3.78. The highest BCUT2D eigenvalue weighted by molar-refractivity contribution is 5.81. The van der Waals surface area contributed by atoms with Gasteiger partial charge < -0.3 is 10.2 Å². The van der Waals surface area contributed by atoms with Gasteiger partial charge in [-0.25, -0.2) is 4.39 Å². The number of nitrogens with zero attached hydrogens (tertiary/aromatic N) is 1. The Kier molecular flexibility index (Phi) is 4.12. The molecule has 1 aliphatic rings. The molecule has 0 saturated carbocycles. The molecular weight excluding hydrogens is 228 g/mol.